The van der Waals surface area contributed by atoms with Gasteiger partial charge in [-0.25, -0.2) is 0 Å². The zero-order valence-electron chi connectivity index (χ0n) is 9.17. The molecule has 0 saturated carbocycles. The smallest absolute Gasteiger partial charge is 0.316 e. The van der Waals surface area contributed by atoms with Gasteiger partial charge in [0.2, 0.25) is 5.75 Å². The number of methoxy groups -OCH3 is 1. The molecule has 0 N–H and O–H groups in total. The normalized spacial score (nSPS) is 9.18. The van der Waals surface area contributed by atoms with Crippen LogP contribution in [0.25, 0.3) is 0 Å². The van der Waals surface area contributed by atoms with Crippen molar-refractivity contribution in [3.05, 3.63) is 40.5 Å². The monoisotopic (exact) mass is 234 g/mol. The summed E-state index contributed by atoms with van der Waals surface area (Å²) in [4.78, 5) is 10.2. The van der Waals surface area contributed by atoms with Crippen molar-refractivity contribution in [2.24, 2.45) is 0 Å². The van der Waals surface area contributed by atoms with Crippen LogP contribution < -0.4 is 9.47 Å². The summed E-state index contributed by atoms with van der Waals surface area (Å²) in [6.07, 6.45) is 1.44. The van der Waals surface area contributed by atoms with Crippen molar-refractivity contribution in [3.8, 4) is 17.6 Å². The molecule has 0 spiro atoms. The number of benzene rings is 1. The summed E-state index contributed by atoms with van der Waals surface area (Å²) in [5, 5.41) is 19.8. The van der Waals surface area contributed by atoms with Crippen LogP contribution in [0.1, 0.15) is 5.56 Å². The predicted molar refractivity (Wildman–Crippen MR) is 60.1 cm³/mol. The van der Waals surface area contributed by atoms with Crippen LogP contribution in [-0.2, 0) is 0 Å². The quantitative estimate of drug-likeness (QED) is 0.442. The molecule has 88 valence electrons. The van der Waals surface area contributed by atoms with Crippen molar-refractivity contribution in [2.75, 3.05) is 13.7 Å². The first-order chi connectivity index (χ1) is 8.13. The predicted octanol–water partition coefficient (Wildman–Crippen LogP) is 2.04. The fraction of sp³-hybridized carbons (Fsp3) is 0.182. The van der Waals surface area contributed by atoms with E-state index < -0.39 is 4.92 Å². The molecule has 0 aliphatic carbocycles. The minimum absolute atomic E-state index is 0.0536. The van der Waals surface area contributed by atoms with Gasteiger partial charge >= 0.3 is 5.69 Å². The van der Waals surface area contributed by atoms with E-state index >= 15 is 0 Å². The van der Waals surface area contributed by atoms with E-state index in [-0.39, 0.29) is 29.4 Å². The van der Waals surface area contributed by atoms with Gasteiger partial charge in [0.25, 0.3) is 0 Å². The Hall–Kier alpha value is -2.55. The average molecular weight is 234 g/mol. The lowest BCUT2D eigenvalue weighted by Gasteiger charge is -2.08. The highest BCUT2D eigenvalue weighted by Crippen LogP contribution is 2.35. The molecule has 0 aliphatic rings. The Bertz CT molecular complexity index is 491. The molecule has 0 fully saturated rings. The molecular weight excluding hydrogens is 224 g/mol. The lowest BCUT2D eigenvalue weighted by Crippen LogP contribution is -2.01. The minimum Gasteiger partial charge on any atom is -0.496 e. The van der Waals surface area contributed by atoms with E-state index in [1.165, 1.54) is 25.3 Å². The minimum atomic E-state index is -0.623. The maximum Gasteiger partial charge on any atom is 0.316 e. The van der Waals surface area contributed by atoms with Crippen LogP contribution in [0.5, 0.6) is 11.5 Å². The van der Waals surface area contributed by atoms with Gasteiger partial charge in [0.1, 0.15) is 24.0 Å². The summed E-state index contributed by atoms with van der Waals surface area (Å²) in [5.41, 5.74) is -0.249. The van der Waals surface area contributed by atoms with E-state index in [1.54, 1.807) is 0 Å². The molecule has 0 bridgehead atoms. The van der Waals surface area contributed by atoms with Gasteiger partial charge in [-0.15, -0.1) is 0 Å². The average Bonchev–Trinajstić information content (AvgIpc) is 2.35. The van der Waals surface area contributed by atoms with E-state index in [4.69, 9.17) is 14.7 Å². The molecule has 0 amide bonds. The van der Waals surface area contributed by atoms with E-state index in [2.05, 4.69) is 6.58 Å². The first-order valence-corrected chi connectivity index (χ1v) is 4.64. The molecule has 0 heterocycles. The van der Waals surface area contributed by atoms with Crippen molar-refractivity contribution < 1.29 is 14.4 Å². The Morgan fingerprint density at radius 2 is 2.35 bits per heavy atom. The molecule has 1 rings (SSSR count). The van der Waals surface area contributed by atoms with Gasteiger partial charge in [-0.1, -0.05) is 12.7 Å². The molecule has 1 aromatic carbocycles. The molecule has 0 aliphatic heterocycles. The van der Waals surface area contributed by atoms with E-state index in [1.807, 2.05) is 6.07 Å². The van der Waals surface area contributed by atoms with Gasteiger partial charge < -0.3 is 9.47 Å². The van der Waals surface area contributed by atoms with Crippen molar-refractivity contribution in [3.63, 3.8) is 0 Å². The van der Waals surface area contributed by atoms with Gasteiger partial charge in [0.05, 0.1) is 18.1 Å². The second-order valence-electron chi connectivity index (χ2n) is 2.99. The Kier molecular flexibility index (Phi) is 4.06. The van der Waals surface area contributed by atoms with Crippen LogP contribution in [0.3, 0.4) is 0 Å². The molecule has 0 radical (unpaired) electrons. The standard InChI is InChI=1S/C11H10N2O4/c1-3-4-17-11-8(7-12)5-9(16-2)6-10(11)13(14)15/h3,5-6H,1,4H2,2H3. The van der Waals surface area contributed by atoms with Crippen LogP contribution in [-0.4, -0.2) is 18.6 Å². The van der Waals surface area contributed by atoms with Gasteiger partial charge in [0, 0.05) is 6.07 Å². The molecule has 0 atom stereocenters. The lowest BCUT2D eigenvalue weighted by molar-refractivity contribution is -0.385. The Balaban J connectivity index is 3.36. The van der Waals surface area contributed by atoms with Crippen LogP contribution in [0.2, 0.25) is 0 Å². The number of nitriles is 1. The van der Waals surface area contributed by atoms with E-state index in [0.717, 1.165) is 0 Å². The summed E-state index contributed by atoms with van der Waals surface area (Å²) in [5.74, 6) is 0.164. The second kappa shape index (κ2) is 5.51. The zero-order chi connectivity index (χ0) is 12.8. The summed E-state index contributed by atoms with van der Waals surface area (Å²) >= 11 is 0. The van der Waals surface area contributed by atoms with Crippen molar-refractivity contribution in [2.45, 2.75) is 0 Å². The maximum absolute atomic E-state index is 10.9. The van der Waals surface area contributed by atoms with Gasteiger partial charge in [-0.2, -0.15) is 5.26 Å². The lowest BCUT2D eigenvalue weighted by atomic mass is 10.1. The topological polar surface area (TPSA) is 85.4 Å². The Labute approximate surface area is 97.8 Å². The Morgan fingerprint density at radius 3 is 2.82 bits per heavy atom. The number of nitro groups is 1. The third kappa shape index (κ3) is 2.72. The van der Waals surface area contributed by atoms with E-state index in [9.17, 15) is 10.1 Å². The summed E-state index contributed by atoms with van der Waals surface area (Å²) in [7, 11) is 1.37. The molecule has 0 unspecified atom stereocenters. The van der Waals surface area contributed by atoms with Gasteiger partial charge in [-0.3, -0.25) is 10.1 Å². The second-order valence-corrected chi connectivity index (χ2v) is 2.99. The molecule has 17 heavy (non-hydrogen) atoms. The first-order valence-electron chi connectivity index (χ1n) is 4.64. The number of hydrogen-bond donors (Lipinski definition) is 0. The molecular formula is C11H10N2O4. The van der Waals surface area contributed by atoms with Crippen molar-refractivity contribution in [1.82, 2.24) is 0 Å². The number of rotatable bonds is 5. The molecule has 6 nitrogen and oxygen atoms in total. The molecule has 6 heteroatoms. The zero-order valence-corrected chi connectivity index (χ0v) is 9.17. The summed E-state index contributed by atoms with van der Waals surface area (Å²) in [6.45, 7) is 3.52. The number of hydrogen-bond acceptors (Lipinski definition) is 5. The maximum atomic E-state index is 10.9. The SMILES string of the molecule is C=CCOc1c(C#N)cc(OC)cc1[N+](=O)[O-]. The van der Waals surface area contributed by atoms with Crippen LogP contribution in [0.15, 0.2) is 24.8 Å². The van der Waals surface area contributed by atoms with Crippen LogP contribution in [0.4, 0.5) is 5.69 Å². The van der Waals surface area contributed by atoms with E-state index in [0.29, 0.717) is 0 Å². The van der Waals surface area contributed by atoms with Gasteiger partial charge in [-0.05, 0) is 0 Å². The number of ether oxygens (including phenoxy) is 2. The highest BCUT2D eigenvalue weighted by Gasteiger charge is 2.21. The first kappa shape index (κ1) is 12.5. The van der Waals surface area contributed by atoms with Crippen molar-refractivity contribution >= 4 is 5.69 Å². The highest BCUT2D eigenvalue weighted by atomic mass is 16.6. The molecule has 0 aromatic heterocycles. The Morgan fingerprint density at radius 1 is 1.65 bits per heavy atom. The van der Waals surface area contributed by atoms with Gasteiger partial charge in [0.15, 0.2) is 0 Å². The molecule has 1 aromatic rings. The van der Waals surface area contributed by atoms with Crippen LogP contribution >= 0.6 is 0 Å². The van der Waals surface area contributed by atoms with Crippen LogP contribution in [0, 0.1) is 21.4 Å². The fourth-order valence-corrected chi connectivity index (χ4v) is 1.22. The number of nitro benzene ring substituents is 1. The summed E-state index contributed by atoms with van der Waals surface area (Å²) in [6, 6.07) is 4.42. The largest absolute Gasteiger partial charge is 0.496 e. The highest BCUT2D eigenvalue weighted by molar-refractivity contribution is 5.60. The van der Waals surface area contributed by atoms with Crippen molar-refractivity contribution in [1.29, 1.82) is 5.26 Å². The third-order valence-electron chi connectivity index (χ3n) is 1.94. The molecule has 0 saturated heterocycles. The third-order valence-corrected chi connectivity index (χ3v) is 1.94. The fourth-order valence-electron chi connectivity index (χ4n) is 1.22. The number of nitrogens with zero attached hydrogens (tertiary/aromatic N) is 2. The summed E-state index contributed by atoms with van der Waals surface area (Å²) < 4.78 is 10.0.